The largest absolute Gasteiger partial charge is 0.378 e. The number of rotatable bonds is 4. The highest BCUT2D eigenvalue weighted by molar-refractivity contribution is 7.34. The molecule has 2 heterocycles. The van der Waals surface area contributed by atoms with E-state index in [1.54, 1.807) is 12.1 Å². The van der Waals surface area contributed by atoms with Gasteiger partial charge in [-0.3, -0.25) is 9.88 Å². The van der Waals surface area contributed by atoms with Crippen molar-refractivity contribution in [3.8, 4) is 0 Å². The predicted molar refractivity (Wildman–Crippen MR) is 82.9 cm³/mol. The fourth-order valence-corrected chi connectivity index (χ4v) is 3.08. The second-order valence-corrected chi connectivity index (χ2v) is 6.00. The van der Waals surface area contributed by atoms with Gasteiger partial charge in [0.05, 0.1) is 25.8 Å². The molecule has 0 amide bonds. The Labute approximate surface area is 129 Å². The monoisotopic (exact) mass is 324 g/mol. The molecule has 1 N–H and O–H groups in total. The summed E-state index contributed by atoms with van der Waals surface area (Å²) < 4.78 is 20.1. The zero-order valence-electron chi connectivity index (χ0n) is 12.3. The molecule has 0 saturated carbocycles. The highest BCUT2D eigenvalue weighted by Gasteiger charge is 2.25. The van der Waals surface area contributed by atoms with E-state index in [2.05, 4.69) is 15.0 Å². The molecule has 8 heteroatoms. The van der Waals surface area contributed by atoms with Crippen LogP contribution in [0.3, 0.4) is 0 Å². The number of aromatic amines is 1. The average molecular weight is 324 g/mol. The van der Waals surface area contributed by atoms with Gasteiger partial charge in [0.25, 0.3) is 0 Å². The second kappa shape index (κ2) is 6.69. The molecule has 1 aromatic heterocycles. The Bertz CT molecular complexity index is 685. The standard InChI is InChI=1S/C14H18FN4O2P/c1-22-19-14(20)16-13(17-19)8-18-6-7-21-9-12(18)10-2-4-11(15)5-3-10/h2-5,12,22H,6-9H2,1H3,(H,16,17,20). The fraction of sp³-hybridized carbons (Fsp3) is 0.429. The van der Waals surface area contributed by atoms with Crippen molar-refractivity contribution < 1.29 is 9.13 Å². The van der Waals surface area contributed by atoms with Crippen LogP contribution in [0.5, 0.6) is 0 Å². The third-order valence-corrected chi connectivity index (χ3v) is 4.45. The molecule has 1 aliphatic rings. The minimum atomic E-state index is -0.251. The van der Waals surface area contributed by atoms with Gasteiger partial charge >= 0.3 is 5.69 Å². The zero-order valence-corrected chi connectivity index (χ0v) is 13.3. The van der Waals surface area contributed by atoms with Crippen LogP contribution >= 0.6 is 8.73 Å². The molecule has 1 saturated heterocycles. The first-order valence-electron chi connectivity index (χ1n) is 7.10. The lowest BCUT2D eigenvalue weighted by atomic mass is 10.0. The summed E-state index contributed by atoms with van der Waals surface area (Å²) >= 11 is 0. The van der Waals surface area contributed by atoms with Gasteiger partial charge in [-0.2, -0.15) is 9.55 Å². The van der Waals surface area contributed by atoms with Crippen molar-refractivity contribution in [2.45, 2.75) is 12.6 Å². The zero-order chi connectivity index (χ0) is 15.5. The van der Waals surface area contributed by atoms with Gasteiger partial charge in [0.15, 0.2) is 0 Å². The SMILES string of the molecule is CPn1nc(CN2CCOCC2c2ccc(F)cc2)[nH]c1=O. The second-order valence-electron chi connectivity index (χ2n) is 5.12. The van der Waals surface area contributed by atoms with E-state index in [0.29, 0.717) is 34.3 Å². The Morgan fingerprint density at radius 1 is 1.45 bits per heavy atom. The highest BCUT2D eigenvalue weighted by Crippen LogP contribution is 2.25. The van der Waals surface area contributed by atoms with Crippen LogP contribution in [0.1, 0.15) is 17.4 Å². The summed E-state index contributed by atoms with van der Waals surface area (Å²) in [6.07, 6.45) is 0. The average Bonchev–Trinajstić information content (AvgIpc) is 2.88. The van der Waals surface area contributed by atoms with Crippen molar-refractivity contribution in [3.63, 3.8) is 0 Å². The normalized spacial score (nSPS) is 20.0. The van der Waals surface area contributed by atoms with Gasteiger partial charge in [-0.15, -0.1) is 0 Å². The van der Waals surface area contributed by atoms with Gasteiger partial charge in [0.2, 0.25) is 0 Å². The number of ether oxygens (including phenoxy) is 1. The molecule has 1 aliphatic heterocycles. The van der Waals surface area contributed by atoms with Crippen molar-refractivity contribution in [1.82, 2.24) is 19.4 Å². The van der Waals surface area contributed by atoms with Crippen LogP contribution in [-0.4, -0.2) is 45.9 Å². The lowest BCUT2D eigenvalue weighted by Gasteiger charge is -2.35. The minimum Gasteiger partial charge on any atom is -0.378 e. The Morgan fingerprint density at radius 3 is 2.91 bits per heavy atom. The molecule has 3 rings (SSSR count). The van der Waals surface area contributed by atoms with Crippen molar-refractivity contribution >= 4 is 8.73 Å². The molecule has 2 aromatic rings. The third-order valence-electron chi connectivity index (χ3n) is 3.72. The molecule has 0 aliphatic carbocycles. The smallest absolute Gasteiger partial charge is 0.346 e. The van der Waals surface area contributed by atoms with E-state index in [0.717, 1.165) is 12.1 Å². The van der Waals surface area contributed by atoms with E-state index in [9.17, 15) is 9.18 Å². The lowest BCUT2D eigenvalue weighted by molar-refractivity contribution is -0.0138. The Hall–Kier alpha value is -1.56. The summed E-state index contributed by atoms with van der Waals surface area (Å²) in [6, 6.07) is 6.49. The summed E-state index contributed by atoms with van der Waals surface area (Å²) in [7, 11) is 0.304. The molecule has 118 valence electrons. The van der Waals surface area contributed by atoms with Crippen molar-refractivity contribution in [2.24, 2.45) is 0 Å². The quantitative estimate of drug-likeness (QED) is 0.863. The number of hydrogen-bond donors (Lipinski definition) is 1. The van der Waals surface area contributed by atoms with Crippen LogP contribution in [0.25, 0.3) is 0 Å². The van der Waals surface area contributed by atoms with Crippen molar-refractivity contribution in [1.29, 1.82) is 0 Å². The maximum atomic E-state index is 13.1. The number of benzene rings is 1. The molecule has 2 unspecified atom stereocenters. The van der Waals surface area contributed by atoms with Crippen LogP contribution in [0, 0.1) is 5.82 Å². The van der Waals surface area contributed by atoms with Crippen molar-refractivity contribution in [3.05, 3.63) is 52.0 Å². The number of nitrogens with zero attached hydrogens (tertiary/aromatic N) is 3. The first-order chi connectivity index (χ1) is 10.7. The number of nitrogens with one attached hydrogen (secondary N) is 1. The summed E-state index contributed by atoms with van der Waals surface area (Å²) in [5.74, 6) is 0.396. The Balaban J connectivity index is 1.80. The van der Waals surface area contributed by atoms with Crippen LogP contribution < -0.4 is 5.69 Å². The Morgan fingerprint density at radius 2 is 2.23 bits per heavy atom. The first kappa shape index (κ1) is 15.3. The number of halogens is 1. The molecule has 0 radical (unpaired) electrons. The van der Waals surface area contributed by atoms with Crippen molar-refractivity contribution in [2.75, 3.05) is 26.4 Å². The summed E-state index contributed by atoms with van der Waals surface area (Å²) in [6.45, 7) is 4.37. The van der Waals surface area contributed by atoms with E-state index in [1.807, 2.05) is 6.66 Å². The summed E-state index contributed by atoms with van der Waals surface area (Å²) in [5.41, 5.74) is 0.822. The van der Waals surface area contributed by atoms with Gasteiger partial charge in [-0.25, -0.2) is 9.18 Å². The van der Waals surface area contributed by atoms with E-state index in [-0.39, 0.29) is 17.5 Å². The molecule has 0 bridgehead atoms. The topological polar surface area (TPSA) is 63.1 Å². The molecule has 22 heavy (non-hydrogen) atoms. The maximum Gasteiger partial charge on any atom is 0.346 e. The van der Waals surface area contributed by atoms with Gasteiger partial charge in [0.1, 0.15) is 11.6 Å². The highest BCUT2D eigenvalue weighted by atomic mass is 31.1. The summed E-state index contributed by atoms with van der Waals surface area (Å²) in [5, 5.41) is 4.28. The molecule has 1 aromatic carbocycles. The molecular weight excluding hydrogens is 306 g/mol. The number of morpholine rings is 1. The lowest BCUT2D eigenvalue weighted by Crippen LogP contribution is -2.39. The fourth-order valence-electron chi connectivity index (χ4n) is 2.60. The third kappa shape index (κ3) is 3.27. The molecule has 6 nitrogen and oxygen atoms in total. The van der Waals surface area contributed by atoms with Crippen LogP contribution in [0.15, 0.2) is 29.1 Å². The van der Waals surface area contributed by atoms with Gasteiger partial charge in [-0.1, -0.05) is 12.1 Å². The number of hydrogen-bond acceptors (Lipinski definition) is 4. The molecular formula is C14H18FN4O2P. The number of aromatic nitrogens is 3. The van der Waals surface area contributed by atoms with E-state index < -0.39 is 0 Å². The molecule has 2 atom stereocenters. The predicted octanol–water partition coefficient (Wildman–Crippen LogP) is 1.36. The molecule has 0 spiro atoms. The van der Waals surface area contributed by atoms with E-state index in [1.165, 1.54) is 16.6 Å². The van der Waals surface area contributed by atoms with Crippen LogP contribution in [0.2, 0.25) is 0 Å². The van der Waals surface area contributed by atoms with Crippen LogP contribution in [-0.2, 0) is 11.3 Å². The Kier molecular flexibility index (Phi) is 4.66. The number of H-pyrrole nitrogens is 1. The van der Waals surface area contributed by atoms with E-state index in [4.69, 9.17) is 4.74 Å². The summed E-state index contributed by atoms with van der Waals surface area (Å²) in [4.78, 5) is 16.6. The van der Waals surface area contributed by atoms with E-state index >= 15 is 0 Å². The maximum absolute atomic E-state index is 13.1. The van der Waals surface area contributed by atoms with Gasteiger partial charge < -0.3 is 4.74 Å². The minimum absolute atomic E-state index is 0.0343. The first-order valence-corrected chi connectivity index (χ1v) is 8.55. The van der Waals surface area contributed by atoms with Gasteiger partial charge in [0, 0.05) is 15.3 Å². The molecule has 1 fully saturated rings. The van der Waals surface area contributed by atoms with Gasteiger partial charge in [-0.05, 0) is 24.4 Å². The van der Waals surface area contributed by atoms with Crippen LogP contribution in [0.4, 0.5) is 4.39 Å².